The van der Waals surface area contributed by atoms with E-state index in [-0.39, 0.29) is 33.8 Å². The molecule has 0 heterocycles. The molecule has 1 heteroatoms. The molecule has 0 aliphatic carbocycles. The molecule has 0 radical (unpaired) electrons. The van der Waals surface area contributed by atoms with Gasteiger partial charge in [0.05, 0.1) is 0 Å². The van der Waals surface area contributed by atoms with E-state index in [9.17, 15) is 0 Å². The van der Waals surface area contributed by atoms with Crippen molar-refractivity contribution < 1.29 is 0 Å². The molecule has 1 rings (SSSR count). The molecule has 9 heavy (non-hydrogen) atoms. The van der Waals surface area contributed by atoms with Crippen molar-refractivity contribution in [2.24, 2.45) is 0 Å². The van der Waals surface area contributed by atoms with Crippen molar-refractivity contribution in [3.63, 3.8) is 0 Å². The van der Waals surface area contributed by atoms with Crippen molar-refractivity contribution in [1.82, 2.24) is 0 Å². The van der Waals surface area contributed by atoms with E-state index in [2.05, 4.69) is 37.3 Å². The molecule has 1 aromatic carbocycles. The van der Waals surface area contributed by atoms with Gasteiger partial charge in [-0.25, -0.2) is 0 Å². The van der Waals surface area contributed by atoms with Crippen molar-refractivity contribution in [3.8, 4) is 0 Å². The van der Waals surface area contributed by atoms with Crippen molar-refractivity contribution in [2.45, 2.75) is 9.44 Å². The van der Waals surface area contributed by atoms with Crippen LogP contribution in [0.3, 0.4) is 0 Å². The second-order valence-electron chi connectivity index (χ2n) is 2.24. The molecule has 0 aliphatic heterocycles. The summed E-state index contributed by atoms with van der Waals surface area (Å²) in [6.45, 7) is 2.28. The SMILES string of the molecule is C[CH2][Ca][c]1ccccc1. The zero-order valence-corrected chi connectivity index (χ0v) is 8.01. The van der Waals surface area contributed by atoms with Gasteiger partial charge in [-0.15, -0.1) is 0 Å². The van der Waals surface area contributed by atoms with E-state index in [1.54, 1.807) is 1.66 Å². The molecule has 1 aromatic rings. The summed E-state index contributed by atoms with van der Waals surface area (Å²) in [6.07, 6.45) is 0. The average molecular weight is 146 g/mol. The molecule has 0 bridgehead atoms. The van der Waals surface area contributed by atoms with E-state index in [4.69, 9.17) is 0 Å². The third-order valence-electron chi connectivity index (χ3n) is 1.38. The van der Waals surface area contributed by atoms with E-state index in [0.29, 0.717) is 0 Å². The third kappa shape index (κ3) is 2.70. The number of rotatable bonds is 2. The number of hydrogen-bond donors (Lipinski definition) is 0. The average Bonchev–Trinajstić information content (AvgIpc) is 1.91. The zero-order valence-electron chi connectivity index (χ0n) is 5.80. The number of hydrogen-bond acceptors (Lipinski definition) is 0. The molecule has 0 spiro atoms. The third-order valence-corrected chi connectivity index (χ3v) is 3.80. The predicted molar refractivity (Wildman–Crippen MR) is 42.3 cm³/mol. The summed E-state index contributed by atoms with van der Waals surface area (Å²) in [6, 6.07) is 10.9. The van der Waals surface area contributed by atoms with Crippen LogP contribution in [0.15, 0.2) is 30.3 Å². The van der Waals surface area contributed by atoms with Crippen molar-refractivity contribution in [1.29, 1.82) is 0 Å². The Kier molecular flexibility index (Phi) is 3.64. The summed E-state index contributed by atoms with van der Waals surface area (Å²) in [7, 11) is 0. The van der Waals surface area contributed by atoms with Crippen molar-refractivity contribution >= 4 is 35.5 Å². The standard InChI is InChI=1S/C6H5.C2H5.Ca/c1-2-4-6-5-3-1;1-2;/h1-5H;1H2,2H3;. The Morgan fingerprint density at radius 1 is 1.22 bits per heavy atom. The molecular formula is C8H10Ca. The molecule has 0 saturated heterocycles. The van der Waals surface area contributed by atoms with Gasteiger partial charge in [0.15, 0.2) is 0 Å². The molecule has 0 saturated carbocycles. The Hall–Kier alpha value is 0.480. The molecule has 0 aliphatic rings. The van der Waals surface area contributed by atoms with Gasteiger partial charge in [-0.05, 0) is 0 Å². The maximum atomic E-state index is 2.28. The quantitative estimate of drug-likeness (QED) is 0.554. The minimum absolute atomic E-state index is 0.290. The fourth-order valence-corrected chi connectivity index (χ4v) is 2.78. The molecule has 0 fully saturated rings. The normalized spacial score (nSPS) is 8.56. The van der Waals surface area contributed by atoms with E-state index in [1.807, 2.05) is 0 Å². The van der Waals surface area contributed by atoms with Crippen LogP contribution >= 0.6 is 0 Å². The minimum atomic E-state index is -0.290. The fourth-order valence-electron chi connectivity index (χ4n) is 0.933. The van der Waals surface area contributed by atoms with Gasteiger partial charge in [0.25, 0.3) is 0 Å². The van der Waals surface area contributed by atoms with Crippen LogP contribution in [-0.2, 0) is 0 Å². The fraction of sp³-hybridized carbons (Fsp3) is 0.250. The summed E-state index contributed by atoms with van der Waals surface area (Å²) in [5.74, 6) is 0. The first-order chi connectivity index (χ1) is 4.43. The van der Waals surface area contributed by atoms with E-state index in [1.165, 1.54) is 2.52 Å². The van der Waals surface area contributed by atoms with Crippen molar-refractivity contribution in [2.75, 3.05) is 0 Å². The van der Waals surface area contributed by atoms with Crippen LogP contribution in [0, 0.1) is 0 Å². The van der Waals surface area contributed by atoms with Gasteiger partial charge in [-0.1, -0.05) is 0 Å². The van der Waals surface area contributed by atoms with E-state index < -0.39 is 0 Å². The first-order valence-corrected chi connectivity index (χ1v) is 6.14. The van der Waals surface area contributed by atoms with E-state index >= 15 is 0 Å². The van der Waals surface area contributed by atoms with Gasteiger partial charge in [-0.2, -0.15) is 0 Å². The second kappa shape index (κ2) is 4.32. The summed E-state index contributed by atoms with van der Waals surface area (Å²) < 4.78 is 3.06. The molecule has 0 amide bonds. The Labute approximate surface area is 74.6 Å². The molecule has 0 aromatic heterocycles. The Bertz CT molecular complexity index is 157. The first-order valence-electron chi connectivity index (χ1n) is 3.47. The van der Waals surface area contributed by atoms with Crippen LogP contribution in [0.4, 0.5) is 0 Å². The summed E-state index contributed by atoms with van der Waals surface area (Å²) in [5.41, 5.74) is 0. The molecule has 0 nitrogen and oxygen atoms in total. The Balaban J connectivity index is 2.61. The molecule has 0 atom stereocenters. The summed E-state index contributed by atoms with van der Waals surface area (Å²) in [4.78, 5) is 0. The second-order valence-corrected chi connectivity index (χ2v) is 5.85. The van der Waals surface area contributed by atoms with Gasteiger partial charge in [0, 0.05) is 0 Å². The van der Waals surface area contributed by atoms with E-state index in [0.717, 1.165) is 0 Å². The van der Waals surface area contributed by atoms with Crippen LogP contribution in [-0.4, -0.2) is 33.8 Å². The predicted octanol–water partition coefficient (Wildman–Crippen LogP) is 1.45. The zero-order chi connectivity index (χ0) is 6.53. The first kappa shape index (κ1) is 7.59. The monoisotopic (exact) mass is 146 g/mol. The van der Waals surface area contributed by atoms with Crippen LogP contribution in [0.25, 0.3) is 0 Å². The Morgan fingerprint density at radius 2 is 1.89 bits per heavy atom. The van der Waals surface area contributed by atoms with Crippen LogP contribution in [0.2, 0.25) is 2.52 Å². The molecular weight excluding hydrogens is 136 g/mol. The van der Waals surface area contributed by atoms with Gasteiger partial charge < -0.3 is 0 Å². The maximum absolute atomic E-state index is 2.28. The van der Waals surface area contributed by atoms with Gasteiger partial charge >= 0.3 is 75.3 Å². The summed E-state index contributed by atoms with van der Waals surface area (Å²) in [5, 5.41) is 0. The van der Waals surface area contributed by atoms with Crippen LogP contribution in [0.5, 0.6) is 0 Å². The van der Waals surface area contributed by atoms with Crippen LogP contribution in [0.1, 0.15) is 6.92 Å². The Morgan fingerprint density at radius 3 is 2.44 bits per heavy atom. The summed E-state index contributed by atoms with van der Waals surface area (Å²) >= 11 is -0.290. The van der Waals surface area contributed by atoms with Gasteiger partial charge in [-0.3, -0.25) is 0 Å². The van der Waals surface area contributed by atoms with Gasteiger partial charge in [0.2, 0.25) is 0 Å². The topological polar surface area (TPSA) is 0 Å². The molecule has 0 unspecified atom stereocenters. The van der Waals surface area contributed by atoms with Crippen molar-refractivity contribution in [3.05, 3.63) is 30.3 Å². The van der Waals surface area contributed by atoms with Gasteiger partial charge in [0.1, 0.15) is 0 Å². The number of benzene rings is 1. The molecule has 44 valence electrons. The molecule has 0 N–H and O–H groups in total. The van der Waals surface area contributed by atoms with Crippen LogP contribution < -0.4 is 1.66 Å².